The zero-order valence-electron chi connectivity index (χ0n) is 10.5. The SMILES string of the molecule is Cc1ccc(OCc2csc(C(=O)O)c2)c([N+](=O)[O-])c1. The van der Waals surface area contributed by atoms with Crippen molar-refractivity contribution < 1.29 is 19.6 Å². The van der Waals surface area contributed by atoms with Crippen molar-refractivity contribution in [2.45, 2.75) is 13.5 Å². The molecular formula is C13H11NO5S. The van der Waals surface area contributed by atoms with E-state index in [1.54, 1.807) is 18.4 Å². The van der Waals surface area contributed by atoms with E-state index in [0.29, 0.717) is 5.56 Å². The molecule has 7 heteroatoms. The third kappa shape index (κ3) is 3.12. The maximum absolute atomic E-state index is 10.9. The Morgan fingerprint density at radius 3 is 2.80 bits per heavy atom. The second-order valence-electron chi connectivity index (χ2n) is 4.14. The van der Waals surface area contributed by atoms with Crippen molar-refractivity contribution in [2.24, 2.45) is 0 Å². The molecule has 0 bridgehead atoms. The minimum Gasteiger partial charge on any atom is -0.482 e. The topological polar surface area (TPSA) is 89.7 Å². The molecule has 1 aromatic heterocycles. The molecule has 0 amide bonds. The zero-order chi connectivity index (χ0) is 14.7. The molecule has 0 saturated heterocycles. The zero-order valence-corrected chi connectivity index (χ0v) is 11.3. The van der Waals surface area contributed by atoms with Crippen LogP contribution in [-0.4, -0.2) is 16.0 Å². The second-order valence-corrected chi connectivity index (χ2v) is 5.05. The molecule has 2 aromatic rings. The lowest BCUT2D eigenvalue weighted by Crippen LogP contribution is -1.99. The van der Waals surface area contributed by atoms with Crippen molar-refractivity contribution in [3.05, 3.63) is 55.8 Å². The molecule has 0 fully saturated rings. The van der Waals surface area contributed by atoms with Gasteiger partial charge in [0.15, 0.2) is 5.75 Å². The van der Waals surface area contributed by atoms with Crippen molar-refractivity contribution in [1.29, 1.82) is 0 Å². The van der Waals surface area contributed by atoms with E-state index in [2.05, 4.69) is 0 Å². The van der Waals surface area contributed by atoms with Gasteiger partial charge >= 0.3 is 11.7 Å². The first-order chi connectivity index (χ1) is 9.47. The number of ether oxygens (including phenoxy) is 1. The molecule has 1 aromatic carbocycles. The molecular weight excluding hydrogens is 282 g/mol. The number of aryl methyl sites for hydroxylation is 1. The van der Waals surface area contributed by atoms with Crippen molar-refractivity contribution in [1.82, 2.24) is 0 Å². The minimum atomic E-state index is -0.998. The predicted molar refractivity (Wildman–Crippen MR) is 73.4 cm³/mol. The molecule has 2 rings (SSSR count). The molecule has 20 heavy (non-hydrogen) atoms. The lowest BCUT2D eigenvalue weighted by atomic mass is 10.2. The molecule has 104 valence electrons. The maximum atomic E-state index is 10.9. The van der Waals surface area contributed by atoms with Crippen molar-refractivity contribution in [3.63, 3.8) is 0 Å². The Balaban J connectivity index is 2.14. The number of benzene rings is 1. The van der Waals surface area contributed by atoms with Gasteiger partial charge in [0, 0.05) is 11.6 Å². The average Bonchev–Trinajstić information content (AvgIpc) is 2.86. The van der Waals surface area contributed by atoms with E-state index in [1.165, 1.54) is 18.2 Å². The van der Waals surface area contributed by atoms with E-state index in [1.807, 2.05) is 0 Å². The van der Waals surface area contributed by atoms with Crippen LogP contribution in [0, 0.1) is 17.0 Å². The molecule has 0 saturated carbocycles. The number of aromatic carboxylic acids is 1. The van der Waals surface area contributed by atoms with E-state index >= 15 is 0 Å². The molecule has 0 aliphatic carbocycles. The molecule has 0 unspecified atom stereocenters. The number of nitro benzene ring substituents is 1. The Bertz CT molecular complexity index is 665. The molecule has 0 radical (unpaired) electrons. The van der Waals surface area contributed by atoms with Crippen LogP contribution in [0.25, 0.3) is 0 Å². The molecule has 1 N–H and O–H groups in total. The average molecular weight is 293 g/mol. The first kappa shape index (κ1) is 14.0. The van der Waals surface area contributed by atoms with Crippen LogP contribution in [0.3, 0.4) is 0 Å². The monoisotopic (exact) mass is 293 g/mol. The van der Waals surface area contributed by atoms with Crippen LogP contribution in [-0.2, 0) is 6.61 Å². The summed E-state index contributed by atoms with van der Waals surface area (Å²) in [6.45, 7) is 1.85. The molecule has 6 nitrogen and oxygen atoms in total. The van der Waals surface area contributed by atoms with Gasteiger partial charge in [0.1, 0.15) is 11.5 Å². The lowest BCUT2D eigenvalue weighted by molar-refractivity contribution is -0.386. The van der Waals surface area contributed by atoms with E-state index in [9.17, 15) is 14.9 Å². The Hall–Kier alpha value is -2.41. The standard InChI is InChI=1S/C13H11NO5S/c1-8-2-3-11(10(4-8)14(17)18)19-6-9-5-12(13(15)16)20-7-9/h2-5,7H,6H2,1H3,(H,15,16). The van der Waals surface area contributed by atoms with Gasteiger partial charge in [0.2, 0.25) is 0 Å². The summed E-state index contributed by atoms with van der Waals surface area (Å²) in [4.78, 5) is 21.4. The van der Waals surface area contributed by atoms with Crippen LogP contribution in [0.1, 0.15) is 20.8 Å². The van der Waals surface area contributed by atoms with E-state index in [0.717, 1.165) is 16.9 Å². The summed E-state index contributed by atoms with van der Waals surface area (Å²) in [5, 5.41) is 21.4. The van der Waals surface area contributed by atoms with Gasteiger partial charge in [-0.3, -0.25) is 10.1 Å². The van der Waals surface area contributed by atoms with Gasteiger partial charge in [0.05, 0.1) is 4.92 Å². The lowest BCUT2D eigenvalue weighted by Gasteiger charge is -2.06. The quantitative estimate of drug-likeness (QED) is 0.675. The summed E-state index contributed by atoms with van der Waals surface area (Å²) >= 11 is 1.09. The Morgan fingerprint density at radius 2 is 2.20 bits per heavy atom. The van der Waals surface area contributed by atoms with Crippen LogP contribution >= 0.6 is 11.3 Å². The van der Waals surface area contributed by atoms with Crippen molar-refractivity contribution in [2.75, 3.05) is 0 Å². The summed E-state index contributed by atoms with van der Waals surface area (Å²) in [5.41, 5.74) is 1.34. The predicted octanol–water partition coefficient (Wildman–Crippen LogP) is 3.24. The van der Waals surface area contributed by atoms with E-state index in [-0.39, 0.29) is 22.9 Å². The number of carboxylic acid groups (broad SMARTS) is 1. The van der Waals surface area contributed by atoms with Crippen molar-refractivity contribution >= 4 is 23.0 Å². The molecule has 0 aliphatic rings. The number of carbonyl (C=O) groups is 1. The third-order valence-corrected chi connectivity index (χ3v) is 3.54. The third-order valence-electron chi connectivity index (χ3n) is 2.57. The van der Waals surface area contributed by atoms with Gasteiger partial charge in [-0.25, -0.2) is 4.79 Å². The molecule has 1 heterocycles. The fourth-order valence-corrected chi connectivity index (χ4v) is 2.35. The van der Waals surface area contributed by atoms with Gasteiger partial charge in [0.25, 0.3) is 0 Å². The van der Waals surface area contributed by atoms with Gasteiger partial charge in [-0.05, 0) is 30.0 Å². The second kappa shape index (κ2) is 5.70. The summed E-state index contributed by atoms with van der Waals surface area (Å²) in [5.74, 6) is -0.828. The highest BCUT2D eigenvalue weighted by atomic mass is 32.1. The van der Waals surface area contributed by atoms with Gasteiger partial charge < -0.3 is 9.84 Å². The number of rotatable bonds is 5. The van der Waals surface area contributed by atoms with Gasteiger partial charge in [-0.15, -0.1) is 11.3 Å². The fourth-order valence-electron chi connectivity index (χ4n) is 1.62. The Kier molecular flexibility index (Phi) is 3.99. The van der Waals surface area contributed by atoms with Crippen LogP contribution in [0.4, 0.5) is 5.69 Å². The smallest absolute Gasteiger partial charge is 0.345 e. The highest BCUT2D eigenvalue weighted by Gasteiger charge is 2.15. The van der Waals surface area contributed by atoms with Crippen LogP contribution in [0.5, 0.6) is 5.75 Å². The number of hydrogen-bond donors (Lipinski definition) is 1. The van der Waals surface area contributed by atoms with E-state index < -0.39 is 10.9 Å². The number of carboxylic acids is 1. The highest BCUT2D eigenvalue weighted by Crippen LogP contribution is 2.28. The largest absolute Gasteiger partial charge is 0.482 e. The number of thiophene rings is 1. The summed E-state index contributed by atoms with van der Waals surface area (Å²) in [6.07, 6.45) is 0. The van der Waals surface area contributed by atoms with Gasteiger partial charge in [-0.1, -0.05) is 6.07 Å². The van der Waals surface area contributed by atoms with Crippen LogP contribution in [0.15, 0.2) is 29.6 Å². The van der Waals surface area contributed by atoms with Crippen LogP contribution < -0.4 is 4.74 Å². The maximum Gasteiger partial charge on any atom is 0.345 e. The highest BCUT2D eigenvalue weighted by molar-refractivity contribution is 7.12. The van der Waals surface area contributed by atoms with Crippen LogP contribution in [0.2, 0.25) is 0 Å². The Labute approximate surface area is 118 Å². The van der Waals surface area contributed by atoms with E-state index in [4.69, 9.17) is 9.84 Å². The first-order valence-corrected chi connectivity index (χ1v) is 6.54. The molecule has 0 aliphatic heterocycles. The minimum absolute atomic E-state index is 0.0910. The van der Waals surface area contributed by atoms with Crippen molar-refractivity contribution in [3.8, 4) is 5.75 Å². The number of nitro groups is 1. The van der Waals surface area contributed by atoms with Gasteiger partial charge in [-0.2, -0.15) is 0 Å². The molecule has 0 atom stereocenters. The summed E-state index contributed by atoms with van der Waals surface area (Å²) in [7, 11) is 0. The number of hydrogen-bond acceptors (Lipinski definition) is 5. The Morgan fingerprint density at radius 1 is 1.45 bits per heavy atom. The normalized spacial score (nSPS) is 10.2. The fraction of sp³-hybridized carbons (Fsp3) is 0.154. The number of nitrogens with zero attached hydrogens (tertiary/aromatic N) is 1. The summed E-state index contributed by atoms with van der Waals surface area (Å²) in [6, 6.07) is 6.19. The summed E-state index contributed by atoms with van der Waals surface area (Å²) < 4.78 is 5.40. The molecule has 0 spiro atoms. The first-order valence-electron chi connectivity index (χ1n) is 5.66.